The summed E-state index contributed by atoms with van der Waals surface area (Å²) < 4.78 is 0. The first-order valence-corrected chi connectivity index (χ1v) is 8.41. The topological polar surface area (TPSA) is 60.9 Å². The van der Waals surface area contributed by atoms with Crippen molar-refractivity contribution in [3.05, 3.63) is 0 Å². The van der Waals surface area contributed by atoms with Crippen molar-refractivity contribution in [3.63, 3.8) is 0 Å². The van der Waals surface area contributed by atoms with E-state index in [0.717, 1.165) is 38.8 Å². The van der Waals surface area contributed by atoms with Crippen LogP contribution in [0.4, 0.5) is 0 Å². The lowest BCUT2D eigenvalue weighted by atomic mass is 9.81. The van der Waals surface area contributed by atoms with Gasteiger partial charge in [-0.25, -0.2) is 0 Å². The van der Waals surface area contributed by atoms with Crippen LogP contribution in [0.5, 0.6) is 0 Å². The maximum absolute atomic E-state index is 12.6. The molecule has 0 aromatic heterocycles. The van der Waals surface area contributed by atoms with E-state index in [4.69, 9.17) is 5.11 Å². The van der Waals surface area contributed by atoms with Gasteiger partial charge < -0.3 is 10.0 Å². The predicted molar refractivity (Wildman–Crippen MR) is 78.9 cm³/mol. The Kier molecular flexibility index (Phi) is 4.48. The highest BCUT2D eigenvalue weighted by molar-refractivity contribution is 5.80. The lowest BCUT2D eigenvalue weighted by Gasteiger charge is -2.30. The van der Waals surface area contributed by atoms with Crippen molar-refractivity contribution in [2.24, 2.45) is 11.8 Å². The van der Waals surface area contributed by atoms with E-state index in [1.54, 1.807) is 0 Å². The molecule has 0 radical (unpaired) electrons. The number of carboxylic acid groups (broad SMARTS) is 1. The van der Waals surface area contributed by atoms with Crippen molar-refractivity contribution in [3.8, 4) is 0 Å². The summed E-state index contributed by atoms with van der Waals surface area (Å²) in [5, 5.41) is 9.16. The lowest BCUT2D eigenvalue weighted by molar-refractivity contribution is -0.145. The van der Waals surface area contributed by atoms with Crippen LogP contribution in [-0.4, -0.2) is 59.0 Å². The molecular formula is C16H26N2O3. The molecular weight excluding hydrogens is 268 g/mol. The minimum absolute atomic E-state index is 0.0582. The van der Waals surface area contributed by atoms with E-state index in [0.29, 0.717) is 12.5 Å². The Balaban J connectivity index is 1.54. The van der Waals surface area contributed by atoms with E-state index in [-0.39, 0.29) is 17.7 Å². The Morgan fingerprint density at radius 2 is 1.62 bits per heavy atom. The molecule has 118 valence electrons. The Morgan fingerprint density at radius 3 is 2.33 bits per heavy atom. The third kappa shape index (κ3) is 3.23. The van der Waals surface area contributed by atoms with Crippen molar-refractivity contribution in [2.75, 3.05) is 26.2 Å². The number of nitrogens with zero attached hydrogens (tertiary/aromatic N) is 2. The highest BCUT2D eigenvalue weighted by Crippen LogP contribution is 2.32. The largest absolute Gasteiger partial charge is 0.481 e. The summed E-state index contributed by atoms with van der Waals surface area (Å²) in [6.07, 6.45) is 6.67. The third-order valence-electron chi connectivity index (χ3n) is 5.50. The molecule has 5 nitrogen and oxygen atoms in total. The minimum Gasteiger partial charge on any atom is -0.481 e. The highest BCUT2D eigenvalue weighted by atomic mass is 16.4. The molecule has 3 unspecified atom stereocenters. The van der Waals surface area contributed by atoms with Crippen LogP contribution in [-0.2, 0) is 9.59 Å². The molecule has 1 aliphatic carbocycles. The molecule has 1 saturated carbocycles. The van der Waals surface area contributed by atoms with Gasteiger partial charge in [0.15, 0.2) is 0 Å². The molecule has 3 aliphatic rings. The van der Waals surface area contributed by atoms with Crippen molar-refractivity contribution in [2.45, 2.75) is 51.0 Å². The second kappa shape index (κ2) is 6.34. The van der Waals surface area contributed by atoms with Gasteiger partial charge >= 0.3 is 5.97 Å². The first-order valence-electron chi connectivity index (χ1n) is 8.41. The van der Waals surface area contributed by atoms with Gasteiger partial charge in [-0.3, -0.25) is 14.5 Å². The summed E-state index contributed by atoms with van der Waals surface area (Å²) in [6, 6.07) is 0.537. The average molecular weight is 294 g/mol. The zero-order valence-electron chi connectivity index (χ0n) is 12.7. The van der Waals surface area contributed by atoms with Crippen molar-refractivity contribution < 1.29 is 14.7 Å². The van der Waals surface area contributed by atoms with E-state index in [9.17, 15) is 9.59 Å². The normalized spacial score (nSPS) is 34.3. The first kappa shape index (κ1) is 14.8. The second-order valence-electron chi connectivity index (χ2n) is 6.87. The van der Waals surface area contributed by atoms with Gasteiger partial charge in [0.25, 0.3) is 0 Å². The molecule has 0 spiro atoms. The van der Waals surface area contributed by atoms with Crippen LogP contribution in [0.2, 0.25) is 0 Å². The SMILES string of the molecule is O=C(O)C1CCCC(C(=O)N2CCC(N3CCCC3)C2)C1. The summed E-state index contributed by atoms with van der Waals surface area (Å²) in [6.45, 7) is 4.07. The fraction of sp³-hybridized carbons (Fsp3) is 0.875. The van der Waals surface area contributed by atoms with Crippen LogP contribution < -0.4 is 0 Å². The van der Waals surface area contributed by atoms with Crippen molar-refractivity contribution in [1.82, 2.24) is 9.80 Å². The number of carbonyl (C=O) groups excluding carboxylic acids is 1. The van der Waals surface area contributed by atoms with Crippen molar-refractivity contribution >= 4 is 11.9 Å². The number of hydrogen-bond acceptors (Lipinski definition) is 3. The Labute approximate surface area is 126 Å². The molecule has 21 heavy (non-hydrogen) atoms. The maximum atomic E-state index is 12.6. The lowest BCUT2D eigenvalue weighted by Crippen LogP contribution is -2.40. The maximum Gasteiger partial charge on any atom is 0.306 e. The zero-order chi connectivity index (χ0) is 14.8. The first-order chi connectivity index (χ1) is 10.1. The van der Waals surface area contributed by atoms with Crippen LogP contribution in [0.25, 0.3) is 0 Å². The Hall–Kier alpha value is -1.10. The van der Waals surface area contributed by atoms with Crippen LogP contribution in [0.1, 0.15) is 44.9 Å². The van der Waals surface area contributed by atoms with Crippen molar-refractivity contribution in [1.29, 1.82) is 0 Å². The molecule has 2 heterocycles. The summed E-state index contributed by atoms with van der Waals surface area (Å²) in [5.41, 5.74) is 0. The zero-order valence-corrected chi connectivity index (χ0v) is 12.7. The monoisotopic (exact) mass is 294 g/mol. The number of hydrogen-bond donors (Lipinski definition) is 1. The number of likely N-dealkylation sites (tertiary alicyclic amines) is 2. The second-order valence-corrected chi connectivity index (χ2v) is 6.87. The number of rotatable bonds is 3. The van der Waals surface area contributed by atoms with E-state index in [2.05, 4.69) is 4.90 Å². The Bertz CT molecular complexity index is 406. The minimum atomic E-state index is -0.733. The standard InChI is InChI=1S/C16H26N2O3/c19-15(12-4-3-5-13(10-12)16(20)21)18-9-6-14(11-18)17-7-1-2-8-17/h12-14H,1-11H2,(H,20,21). The molecule has 3 atom stereocenters. The third-order valence-corrected chi connectivity index (χ3v) is 5.50. The molecule has 0 aromatic rings. The van der Waals surface area contributed by atoms with Gasteiger partial charge in [-0.2, -0.15) is 0 Å². The van der Waals surface area contributed by atoms with E-state index in [1.165, 1.54) is 25.9 Å². The van der Waals surface area contributed by atoms with Crippen LogP contribution in [0, 0.1) is 11.8 Å². The molecule has 0 bridgehead atoms. The fourth-order valence-electron chi connectivity index (χ4n) is 4.24. The molecule has 2 aliphatic heterocycles. The summed E-state index contributed by atoms with van der Waals surface area (Å²) >= 11 is 0. The fourth-order valence-corrected chi connectivity index (χ4v) is 4.24. The van der Waals surface area contributed by atoms with Gasteiger partial charge in [0.2, 0.25) is 5.91 Å². The highest BCUT2D eigenvalue weighted by Gasteiger charge is 2.37. The van der Waals surface area contributed by atoms with E-state index < -0.39 is 5.97 Å². The van der Waals surface area contributed by atoms with Gasteiger partial charge in [0.1, 0.15) is 0 Å². The number of carbonyl (C=O) groups is 2. The van der Waals surface area contributed by atoms with E-state index in [1.807, 2.05) is 4.90 Å². The van der Waals surface area contributed by atoms with E-state index >= 15 is 0 Å². The van der Waals surface area contributed by atoms with Crippen LogP contribution >= 0.6 is 0 Å². The van der Waals surface area contributed by atoms with Gasteiger partial charge in [-0.05, 0) is 51.6 Å². The van der Waals surface area contributed by atoms with Crippen LogP contribution in [0.3, 0.4) is 0 Å². The summed E-state index contributed by atoms with van der Waals surface area (Å²) in [7, 11) is 0. The number of aliphatic carboxylic acids is 1. The molecule has 5 heteroatoms. The van der Waals surface area contributed by atoms with Gasteiger partial charge in [0, 0.05) is 25.0 Å². The molecule has 0 aromatic carbocycles. The molecule has 2 saturated heterocycles. The Morgan fingerprint density at radius 1 is 0.905 bits per heavy atom. The summed E-state index contributed by atoms with van der Waals surface area (Å²) in [5.74, 6) is -0.895. The predicted octanol–water partition coefficient (Wildman–Crippen LogP) is 1.57. The van der Waals surface area contributed by atoms with Crippen LogP contribution in [0.15, 0.2) is 0 Å². The number of amides is 1. The molecule has 1 N–H and O–H groups in total. The average Bonchev–Trinajstić information content (AvgIpc) is 3.17. The molecule has 1 amide bonds. The number of carboxylic acids is 1. The van der Waals surface area contributed by atoms with Gasteiger partial charge in [0.05, 0.1) is 5.92 Å². The molecule has 3 rings (SSSR count). The smallest absolute Gasteiger partial charge is 0.306 e. The quantitative estimate of drug-likeness (QED) is 0.858. The summed E-state index contributed by atoms with van der Waals surface area (Å²) in [4.78, 5) is 28.3. The van der Waals surface area contributed by atoms with Gasteiger partial charge in [-0.1, -0.05) is 6.42 Å². The molecule has 3 fully saturated rings. The van der Waals surface area contributed by atoms with Gasteiger partial charge in [-0.15, -0.1) is 0 Å².